The molecule has 3 aromatic carbocycles. The number of hydrogen-bond donors (Lipinski definition) is 1. The van der Waals surface area contributed by atoms with Gasteiger partial charge in [-0.15, -0.1) is 0 Å². The van der Waals surface area contributed by atoms with E-state index in [-0.39, 0.29) is 33.8 Å². The molecule has 2 aliphatic rings. The van der Waals surface area contributed by atoms with Crippen LogP contribution in [0.25, 0.3) is 32.8 Å². The summed E-state index contributed by atoms with van der Waals surface area (Å²) in [4.78, 5) is 30.1. The number of phenols is 1. The van der Waals surface area contributed by atoms with E-state index in [1.54, 1.807) is 17.0 Å². The van der Waals surface area contributed by atoms with Crippen molar-refractivity contribution < 1.29 is 14.3 Å². The monoisotopic (exact) mass is 574 g/mol. The number of carbonyl (C=O) groups excluding carboxylic acids is 1. The Morgan fingerprint density at radius 3 is 2.56 bits per heavy atom. The van der Waals surface area contributed by atoms with Gasteiger partial charge in [0.2, 0.25) is 11.9 Å². The minimum atomic E-state index is -0.564. The number of likely N-dealkylation sites (N-methyl/N-ethyl adjacent to an activating group) is 1. The summed E-state index contributed by atoms with van der Waals surface area (Å²) in [6.45, 7) is 8.59. The molecule has 2 fully saturated rings. The maximum Gasteiger partial charge on any atom is 0.246 e. The summed E-state index contributed by atoms with van der Waals surface area (Å²) < 4.78 is 16.7. The fourth-order valence-electron chi connectivity index (χ4n) is 5.84. The lowest BCUT2D eigenvalue weighted by Crippen LogP contribution is -2.58. The quantitative estimate of drug-likeness (QED) is 0.339. The van der Waals surface area contributed by atoms with Crippen molar-refractivity contribution in [2.45, 2.75) is 19.0 Å². The van der Waals surface area contributed by atoms with Crippen molar-refractivity contribution in [2.75, 3.05) is 56.6 Å². The molecule has 0 saturated carbocycles. The molecule has 1 N–H and O–H groups in total. The van der Waals surface area contributed by atoms with Crippen LogP contribution in [0, 0.1) is 5.82 Å². The summed E-state index contributed by atoms with van der Waals surface area (Å²) in [5.41, 5.74) is 0.849. The van der Waals surface area contributed by atoms with Gasteiger partial charge >= 0.3 is 0 Å². The maximum atomic E-state index is 16.7. The Morgan fingerprint density at radius 2 is 1.85 bits per heavy atom. The zero-order valence-electron chi connectivity index (χ0n) is 23.3. The van der Waals surface area contributed by atoms with Crippen molar-refractivity contribution in [3.05, 3.63) is 66.0 Å². The van der Waals surface area contributed by atoms with E-state index >= 15 is 4.39 Å². The largest absolute Gasteiger partial charge is 0.508 e. The van der Waals surface area contributed by atoms with Gasteiger partial charge in [-0.25, -0.2) is 9.37 Å². The van der Waals surface area contributed by atoms with Gasteiger partial charge in [0.05, 0.1) is 5.02 Å². The molecule has 2 aliphatic heterocycles. The Kier molecular flexibility index (Phi) is 6.95. The molecule has 10 heteroatoms. The fraction of sp³-hybridized carbons (Fsp3) is 0.323. The van der Waals surface area contributed by atoms with Gasteiger partial charge in [0.15, 0.2) is 5.82 Å². The van der Waals surface area contributed by atoms with Crippen molar-refractivity contribution in [3.63, 3.8) is 0 Å². The molecule has 3 heterocycles. The fourth-order valence-corrected chi connectivity index (χ4v) is 6.13. The van der Waals surface area contributed by atoms with Crippen LogP contribution in [-0.4, -0.2) is 89.7 Å². The van der Waals surface area contributed by atoms with Crippen molar-refractivity contribution in [1.29, 1.82) is 0 Å². The Morgan fingerprint density at radius 1 is 1.10 bits per heavy atom. The Bertz CT molecular complexity index is 1690. The summed E-state index contributed by atoms with van der Waals surface area (Å²) >= 11 is 6.84. The van der Waals surface area contributed by atoms with Crippen molar-refractivity contribution in [3.8, 4) is 16.9 Å². The predicted octanol–water partition coefficient (Wildman–Crippen LogP) is 4.92. The number of aromatic hydroxyl groups is 1. The minimum Gasteiger partial charge on any atom is -0.508 e. The standard InChI is InChI=1S/C31H32ClFN6O2/c1-5-26(41)39-11-10-37(15-18(39)2)30-24-14-25(32)27(23-13-21(40)12-19-8-6-7-9-22(19)23)28(33)29(24)34-31(35-30)38-16-20(17-38)36(3)4/h5-9,12-14,18,20,40H,1,10-11,15-17H2,2-4H3. The third kappa shape index (κ3) is 4.73. The predicted molar refractivity (Wildman–Crippen MR) is 162 cm³/mol. The number of carbonyl (C=O) groups is 1. The second-order valence-corrected chi connectivity index (χ2v) is 11.5. The van der Waals surface area contributed by atoms with Crippen LogP contribution >= 0.6 is 11.6 Å². The molecule has 1 atom stereocenters. The van der Waals surface area contributed by atoms with Gasteiger partial charge in [-0.05, 0) is 61.6 Å². The molecule has 0 radical (unpaired) electrons. The van der Waals surface area contributed by atoms with Crippen LogP contribution in [0.15, 0.2) is 55.1 Å². The first kappa shape index (κ1) is 27.2. The Balaban J connectivity index is 1.52. The van der Waals surface area contributed by atoms with E-state index in [4.69, 9.17) is 21.6 Å². The van der Waals surface area contributed by atoms with E-state index in [0.29, 0.717) is 48.4 Å². The smallest absolute Gasteiger partial charge is 0.246 e. The van der Waals surface area contributed by atoms with Gasteiger partial charge in [-0.2, -0.15) is 4.98 Å². The normalized spacial score (nSPS) is 17.9. The lowest BCUT2D eigenvalue weighted by atomic mass is 9.96. The van der Waals surface area contributed by atoms with Gasteiger partial charge < -0.3 is 24.7 Å². The summed E-state index contributed by atoms with van der Waals surface area (Å²) in [5.74, 6) is 0.387. The van der Waals surface area contributed by atoms with Gasteiger partial charge in [0, 0.05) is 55.8 Å². The van der Waals surface area contributed by atoms with Crippen LogP contribution in [0.3, 0.4) is 0 Å². The average molecular weight is 575 g/mol. The summed E-state index contributed by atoms with van der Waals surface area (Å²) in [6.07, 6.45) is 1.33. The summed E-state index contributed by atoms with van der Waals surface area (Å²) in [7, 11) is 4.07. The first-order valence-corrected chi connectivity index (χ1v) is 14.0. The van der Waals surface area contributed by atoms with Crippen LogP contribution in [0.4, 0.5) is 16.2 Å². The second-order valence-electron chi connectivity index (χ2n) is 11.1. The van der Waals surface area contributed by atoms with Gasteiger partial charge in [-0.3, -0.25) is 4.79 Å². The van der Waals surface area contributed by atoms with E-state index in [0.717, 1.165) is 23.9 Å². The van der Waals surface area contributed by atoms with Crippen molar-refractivity contribution in [2.24, 2.45) is 0 Å². The second kappa shape index (κ2) is 10.5. The lowest BCUT2D eigenvalue weighted by molar-refractivity contribution is -0.128. The summed E-state index contributed by atoms with van der Waals surface area (Å²) in [6, 6.07) is 12.7. The highest BCUT2D eigenvalue weighted by Gasteiger charge is 2.34. The molecule has 41 heavy (non-hydrogen) atoms. The molecule has 8 nitrogen and oxygen atoms in total. The number of aromatic nitrogens is 2. The SMILES string of the molecule is C=CC(=O)N1CCN(c2nc(N3CC(N(C)C)C3)nc3c(F)c(-c4cc(O)cc5ccccc45)c(Cl)cc23)CC1C. The summed E-state index contributed by atoms with van der Waals surface area (Å²) in [5, 5.41) is 12.7. The van der Waals surface area contributed by atoms with Gasteiger partial charge in [0.1, 0.15) is 17.1 Å². The topological polar surface area (TPSA) is 76.0 Å². The van der Waals surface area contributed by atoms with Gasteiger partial charge in [-0.1, -0.05) is 42.4 Å². The number of anilines is 2. The molecular formula is C31H32ClFN6O2. The number of benzene rings is 3. The van der Waals surface area contributed by atoms with Crippen molar-refractivity contribution >= 4 is 50.9 Å². The van der Waals surface area contributed by atoms with Crippen LogP contribution < -0.4 is 9.80 Å². The first-order chi connectivity index (χ1) is 19.7. The van der Waals surface area contributed by atoms with E-state index in [1.165, 1.54) is 12.1 Å². The molecule has 1 amide bonds. The first-order valence-electron chi connectivity index (χ1n) is 13.7. The molecule has 212 valence electrons. The highest BCUT2D eigenvalue weighted by molar-refractivity contribution is 6.35. The number of piperazine rings is 1. The van der Waals surface area contributed by atoms with E-state index in [2.05, 4.69) is 16.4 Å². The van der Waals surface area contributed by atoms with Crippen LogP contribution in [0.5, 0.6) is 5.75 Å². The van der Waals surface area contributed by atoms with Crippen LogP contribution in [0.1, 0.15) is 6.92 Å². The third-order valence-corrected chi connectivity index (χ3v) is 8.53. The number of rotatable bonds is 5. The lowest BCUT2D eigenvalue weighted by Gasteiger charge is -2.43. The Labute approximate surface area is 243 Å². The molecule has 4 aromatic rings. The number of amides is 1. The molecule has 1 unspecified atom stereocenters. The highest BCUT2D eigenvalue weighted by atomic mass is 35.5. The molecule has 2 saturated heterocycles. The van der Waals surface area contributed by atoms with Crippen molar-refractivity contribution in [1.82, 2.24) is 19.8 Å². The number of nitrogens with zero attached hydrogens (tertiary/aromatic N) is 6. The minimum absolute atomic E-state index is 0.0227. The van der Waals surface area contributed by atoms with Crippen LogP contribution in [0.2, 0.25) is 5.02 Å². The number of fused-ring (bicyclic) bond motifs is 2. The zero-order chi connectivity index (χ0) is 29.0. The molecule has 0 spiro atoms. The maximum absolute atomic E-state index is 16.7. The molecule has 0 aliphatic carbocycles. The van der Waals surface area contributed by atoms with E-state index < -0.39 is 5.82 Å². The van der Waals surface area contributed by atoms with Crippen LogP contribution in [-0.2, 0) is 4.79 Å². The zero-order valence-corrected chi connectivity index (χ0v) is 24.1. The molecule has 1 aromatic heterocycles. The molecular weight excluding hydrogens is 543 g/mol. The molecule has 0 bridgehead atoms. The third-order valence-electron chi connectivity index (χ3n) is 8.23. The Hall–Kier alpha value is -3.95. The number of phenolic OH excluding ortho intramolecular Hbond substituents is 1. The van der Waals surface area contributed by atoms with Gasteiger partial charge in [0.25, 0.3) is 0 Å². The number of halogens is 2. The average Bonchev–Trinajstić information content (AvgIpc) is 2.91. The van der Waals surface area contributed by atoms with E-state index in [1.807, 2.05) is 50.2 Å². The molecule has 6 rings (SSSR count). The highest BCUT2D eigenvalue weighted by Crippen LogP contribution is 2.43. The number of hydrogen-bond acceptors (Lipinski definition) is 7. The van der Waals surface area contributed by atoms with E-state index in [9.17, 15) is 9.90 Å².